The van der Waals surface area contributed by atoms with Crippen LogP contribution in [0.15, 0.2) is 18.2 Å². The van der Waals surface area contributed by atoms with E-state index in [-0.39, 0.29) is 19.5 Å². The standard InChI is InChI=1S/C14H19ClN2O.Zn/c1-17-10-3-4-11(17)8-12(7-10)18-14-5-2-9(16)6-13(14)15;/h2,5-6,10-12H,3-4,7-8,16H2,1H3;/t10-,11+,12-;. The van der Waals surface area contributed by atoms with E-state index >= 15 is 0 Å². The summed E-state index contributed by atoms with van der Waals surface area (Å²) in [6.07, 6.45) is 5.11. The molecule has 0 radical (unpaired) electrons. The molecule has 100 valence electrons. The second kappa shape index (κ2) is 5.99. The summed E-state index contributed by atoms with van der Waals surface area (Å²) in [6.45, 7) is 0. The third-order valence-corrected chi connectivity index (χ3v) is 4.60. The first-order valence-corrected chi connectivity index (χ1v) is 6.95. The molecule has 2 aliphatic rings. The third-order valence-electron chi connectivity index (χ3n) is 4.30. The summed E-state index contributed by atoms with van der Waals surface area (Å²) in [5.41, 5.74) is 6.36. The van der Waals surface area contributed by atoms with Crippen LogP contribution < -0.4 is 10.5 Å². The maximum Gasteiger partial charge on any atom is 0.138 e. The van der Waals surface area contributed by atoms with Crippen LogP contribution in [0.4, 0.5) is 5.69 Å². The van der Waals surface area contributed by atoms with Crippen molar-refractivity contribution < 1.29 is 24.2 Å². The van der Waals surface area contributed by atoms with E-state index in [4.69, 9.17) is 22.1 Å². The zero-order valence-corrected chi connectivity index (χ0v) is 15.0. The summed E-state index contributed by atoms with van der Waals surface area (Å²) in [4.78, 5) is 2.50. The van der Waals surface area contributed by atoms with Crippen molar-refractivity contribution >= 4 is 17.3 Å². The summed E-state index contributed by atoms with van der Waals surface area (Å²) in [6, 6.07) is 6.82. The fraction of sp³-hybridized carbons (Fsp3) is 0.571. The summed E-state index contributed by atoms with van der Waals surface area (Å²) >= 11 is 6.15. The van der Waals surface area contributed by atoms with Gasteiger partial charge in [-0.15, -0.1) is 0 Å². The van der Waals surface area contributed by atoms with Gasteiger partial charge in [0.25, 0.3) is 0 Å². The van der Waals surface area contributed by atoms with Gasteiger partial charge in [-0.05, 0) is 50.9 Å². The topological polar surface area (TPSA) is 38.5 Å². The van der Waals surface area contributed by atoms with Gasteiger partial charge in [0.2, 0.25) is 0 Å². The van der Waals surface area contributed by atoms with Crippen LogP contribution in [-0.2, 0) is 19.5 Å². The number of hydrogen-bond acceptors (Lipinski definition) is 3. The van der Waals surface area contributed by atoms with Gasteiger partial charge in [0.1, 0.15) is 11.9 Å². The predicted molar refractivity (Wildman–Crippen MR) is 74.1 cm³/mol. The Balaban J connectivity index is 0.00000133. The van der Waals surface area contributed by atoms with Gasteiger partial charge in [-0.1, -0.05) is 11.6 Å². The van der Waals surface area contributed by atoms with E-state index in [1.807, 2.05) is 12.1 Å². The van der Waals surface area contributed by atoms with Crippen LogP contribution in [0, 0.1) is 0 Å². The van der Waals surface area contributed by atoms with Crippen LogP contribution in [0.5, 0.6) is 5.75 Å². The normalized spacial score (nSPS) is 29.9. The van der Waals surface area contributed by atoms with Crippen molar-refractivity contribution in [3.8, 4) is 5.75 Å². The molecule has 1 aromatic rings. The number of nitrogen functional groups attached to an aromatic ring is 1. The Morgan fingerprint density at radius 3 is 2.47 bits per heavy atom. The van der Waals surface area contributed by atoms with Crippen LogP contribution in [-0.4, -0.2) is 30.1 Å². The van der Waals surface area contributed by atoms with Crippen LogP contribution in [0.3, 0.4) is 0 Å². The van der Waals surface area contributed by atoms with Crippen molar-refractivity contribution in [2.45, 2.75) is 43.9 Å². The number of halogens is 1. The summed E-state index contributed by atoms with van der Waals surface area (Å²) in [5, 5.41) is 0.612. The molecule has 0 saturated carbocycles. The molecule has 2 heterocycles. The monoisotopic (exact) mass is 330 g/mol. The van der Waals surface area contributed by atoms with E-state index in [2.05, 4.69) is 11.9 Å². The van der Waals surface area contributed by atoms with Gasteiger partial charge in [0.05, 0.1) is 5.02 Å². The molecule has 3 atom stereocenters. The predicted octanol–water partition coefficient (Wildman–Crippen LogP) is 2.92. The van der Waals surface area contributed by atoms with E-state index in [9.17, 15) is 0 Å². The maximum absolute atomic E-state index is 6.15. The molecule has 5 heteroatoms. The largest absolute Gasteiger partial charge is 0.489 e. The average Bonchev–Trinajstić information content (AvgIpc) is 2.57. The SMILES string of the molecule is CN1[C@@H]2CC[C@H]1C[C@H](Oc1ccc(N)cc1Cl)C2.[Zn]. The first kappa shape index (κ1) is 15.1. The van der Waals surface area contributed by atoms with Gasteiger partial charge < -0.3 is 15.4 Å². The number of hydrogen-bond donors (Lipinski definition) is 1. The molecule has 2 aliphatic heterocycles. The van der Waals surface area contributed by atoms with Crippen molar-refractivity contribution in [1.29, 1.82) is 0 Å². The first-order chi connectivity index (χ1) is 8.63. The molecule has 0 aromatic heterocycles. The number of piperidine rings is 1. The van der Waals surface area contributed by atoms with E-state index < -0.39 is 0 Å². The molecule has 0 unspecified atom stereocenters. The van der Waals surface area contributed by atoms with Gasteiger partial charge in [0, 0.05) is 37.2 Å². The van der Waals surface area contributed by atoms with E-state index in [1.165, 1.54) is 12.8 Å². The third kappa shape index (κ3) is 3.07. The zero-order valence-electron chi connectivity index (χ0n) is 11.3. The number of nitrogens with two attached hydrogens (primary N) is 1. The van der Waals surface area contributed by atoms with Crippen LogP contribution >= 0.6 is 11.6 Å². The number of fused-ring (bicyclic) bond motifs is 2. The van der Waals surface area contributed by atoms with Crippen molar-refractivity contribution in [3.05, 3.63) is 23.2 Å². The Kier molecular flexibility index (Phi) is 4.76. The fourth-order valence-electron chi connectivity index (χ4n) is 3.25. The molecule has 0 spiro atoms. The second-order valence-corrected chi connectivity index (χ2v) is 5.86. The molecule has 2 N–H and O–H groups in total. The Morgan fingerprint density at radius 1 is 1.26 bits per heavy atom. The number of ether oxygens (including phenoxy) is 1. The second-order valence-electron chi connectivity index (χ2n) is 5.45. The van der Waals surface area contributed by atoms with Gasteiger partial charge in [-0.25, -0.2) is 0 Å². The van der Waals surface area contributed by atoms with Crippen molar-refractivity contribution in [2.75, 3.05) is 12.8 Å². The first-order valence-electron chi connectivity index (χ1n) is 6.57. The van der Waals surface area contributed by atoms with Gasteiger partial charge in [0.15, 0.2) is 0 Å². The molecule has 3 nitrogen and oxygen atoms in total. The fourth-order valence-corrected chi connectivity index (χ4v) is 3.48. The minimum absolute atomic E-state index is 0. The molecule has 2 bridgehead atoms. The molecule has 0 aliphatic carbocycles. The van der Waals surface area contributed by atoms with Crippen LogP contribution in [0.1, 0.15) is 25.7 Å². The summed E-state index contributed by atoms with van der Waals surface area (Å²) < 4.78 is 6.06. The number of nitrogens with zero attached hydrogens (tertiary/aromatic N) is 1. The van der Waals surface area contributed by atoms with Gasteiger partial charge in [-0.2, -0.15) is 0 Å². The summed E-state index contributed by atoms with van der Waals surface area (Å²) in [5.74, 6) is 0.764. The number of benzene rings is 1. The Bertz CT molecular complexity index is 443. The Hall–Kier alpha value is -0.307. The van der Waals surface area contributed by atoms with Crippen LogP contribution in [0.25, 0.3) is 0 Å². The van der Waals surface area contributed by atoms with Crippen LogP contribution in [0.2, 0.25) is 5.02 Å². The van der Waals surface area contributed by atoms with Crippen molar-refractivity contribution in [2.24, 2.45) is 0 Å². The number of anilines is 1. The average molecular weight is 332 g/mol. The van der Waals surface area contributed by atoms with E-state index in [1.54, 1.807) is 6.07 Å². The molecule has 1 aromatic carbocycles. The van der Waals surface area contributed by atoms with E-state index in [0.717, 1.165) is 18.6 Å². The molecule has 19 heavy (non-hydrogen) atoms. The molecular formula is C14H19ClN2OZn. The molecular weight excluding hydrogens is 313 g/mol. The number of rotatable bonds is 2. The summed E-state index contributed by atoms with van der Waals surface area (Å²) in [7, 11) is 2.23. The smallest absolute Gasteiger partial charge is 0.138 e. The Labute approximate surface area is 132 Å². The Morgan fingerprint density at radius 2 is 1.89 bits per heavy atom. The van der Waals surface area contributed by atoms with Crippen molar-refractivity contribution in [1.82, 2.24) is 4.90 Å². The molecule has 0 amide bonds. The van der Waals surface area contributed by atoms with Crippen molar-refractivity contribution in [3.63, 3.8) is 0 Å². The molecule has 3 rings (SSSR count). The zero-order chi connectivity index (χ0) is 12.7. The van der Waals surface area contributed by atoms with E-state index in [0.29, 0.717) is 28.9 Å². The minimum Gasteiger partial charge on any atom is -0.489 e. The maximum atomic E-state index is 6.15. The van der Waals surface area contributed by atoms with Gasteiger partial charge >= 0.3 is 0 Å². The van der Waals surface area contributed by atoms with Gasteiger partial charge in [-0.3, -0.25) is 0 Å². The molecule has 2 saturated heterocycles. The molecule has 2 fully saturated rings. The minimum atomic E-state index is 0. The quantitative estimate of drug-likeness (QED) is 0.669.